The zero-order valence-corrected chi connectivity index (χ0v) is 13.0. The van der Waals surface area contributed by atoms with Gasteiger partial charge in [0.2, 0.25) is 0 Å². The summed E-state index contributed by atoms with van der Waals surface area (Å²) >= 11 is 0. The van der Waals surface area contributed by atoms with Crippen LogP contribution in [0.5, 0.6) is 0 Å². The van der Waals surface area contributed by atoms with Crippen molar-refractivity contribution in [1.82, 2.24) is 10.6 Å². The first-order valence-corrected chi connectivity index (χ1v) is 7.64. The second-order valence-corrected chi connectivity index (χ2v) is 5.24. The van der Waals surface area contributed by atoms with E-state index in [-0.39, 0.29) is 22.9 Å². The Labute approximate surface area is 138 Å². The average Bonchev–Trinajstić information content (AvgIpc) is 2.57. The lowest BCUT2D eigenvalue weighted by atomic mass is 10.2. The van der Waals surface area contributed by atoms with Crippen LogP contribution >= 0.6 is 0 Å². The molecule has 0 aliphatic heterocycles. The molecule has 0 fully saturated rings. The first kappa shape index (κ1) is 17.6. The maximum absolute atomic E-state index is 13.0. The molecular weight excluding hydrogens is 314 g/mol. The summed E-state index contributed by atoms with van der Waals surface area (Å²) in [5, 5.41) is 5.37. The molecule has 0 bridgehead atoms. The molecule has 0 aliphatic rings. The number of hydrogen-bond acceptors (Lipinski definition) is 2. The van der Waals surface area contributed by atoms with E-state index in [0.717, 1.165) is 0 Å². The molecule has 0 saturated heterocycles. The van der Waals surface area contributed by atoms with Crippen molar-refractivity contribution >= 4 is 11.8 Å². The van der Waals surface area contributed by atoms with E-state index in [2.05, 4.69) is 10.6 Å². The molecule has 0 unspecified atom stereocenters. The van der Waals surface area contributed by atoms with Crippen molar-refractivity contribution in [1.29, 1.82) is 0 Å². The van der Waals surface area contributed by atoms with Crippen LogP contribution in [0.2, 0.25) is 0 Å². The maximum Gasteiger partial charge on any atom is 0.251 e. The summed E-state index contributed by atoms with van der Waals surface area (Å²) in [5.41, 5.74) is 0.545. The molecular formula is C18H18F2N2O2. The second kappa shape index (κ2) is 8.76. The van der Waals surface area contributed by atoms with Crippen molar-refractivity contribution < 1.29 is 18.4 Å². The van der Waals surface area contributed by atoms with Gasteiger partial charge < -0.3 is 10.6 Å². The topological polar surface area (TPSA) is 58.2 Å². The molecule has 2 aromatic rings. The summed E-state index contributed by atoms with van der Waals surface area (Å²) in [6.07, 6.45) is 1.31. The lowest BCUT2D eigenvalue weighted by Crippen LogP contribution is -2.27. The van der Waals surface area contributed by atoms with Gasteiger partial charge in [0.05, 0.1) is 0 Å². The predicted molar refractivity (Wildman–Crippen MR) is 86.7 cm³/mol. The minimum atomic E-state index is -0.456. The Hall–Kier alpha value is -2.76. The Morgan fingerprint density at radius 2 is 1.17 bits per heavy atom. The van der Waals surface area contributed by atoms with E-state index in [9.17, 15) is 18.4 Å². The number of nitrogens with one attached hydrogen (secondary N) is 2. The molecule has 6 heteroatoms. The Kier molecular flexibility index (Phi) is 6.42. The van der Waals surface area contributed by atoms with Gasteiger partial charge in [-0.3, -0.25) is 9.59 Å². The van der Waals surface area contributed by atoms with Crippen LogP contribution in [-0.2, 0) is 0 Å². The van der Waals surface area contributed by atoms with Gasteiger partial charge >= 0.3 is 0 Å². The van der Waals surface area contributed by atoms with Gasteiger partial charge in [-0.2, -0.15) is 0 Å². The molecule has 2 aromatic carbocycles. The van der Waals surface area contributed by atoms with Gasteiger partial charge in [0, 0.05) is 24.2 Å². The van der Waals surface area contributed by atoms with Crippen LogP contribution < -0.4 is 10.6 Å². The highest BCUT2D eigenvalue weighted by molar-refractivity contribution is 5.94. The van der Waals surface area contributed by atoms with Gasteiger partial charge in [0.15, 0.2) is 0 Å². The quantitative estimate of drug-likeness (QED) is 0.766. The first-order valence-electron chi connectivity index (χ1n) is 7.64. The number of benzene rings is 2. The summed E-state index contributed by atoms with van der Waals surface area (Å²) in [6.45, 7) is 0.844. The predicted octanol–water partition coefficient (Wildman–Crippen LogP) is 2.90. The lowest BCUT2D eigenvalue weighted by Gasteiger charge is -2.07. The van der Waals surface area contributed by atoms with E-state index in [1.165, 1.54) is 48.5 Å². The van der Waals surface area contributed by atoms with E-state index in [0.29, 0.717) is 25.9 Å². The standard InChI is InChI=1S/C18H18F2N2O2/c19-15-7-3-5-13(11-15)17(23)21-9-1-2-10-22-18(24)14-6-4-8-16(20)12-14/h3-8,11-12H,1-2,9-10H2,(H,21,23)(H,22,24). The SMILES string of the molecule is O=C(NCCCCNC(=O)c1cccc(F)c1)c1cccc(F)c1. The fraction of sp³-hybridized carbons (Fsp3) is 0.222. The Morgan fingerprint density at radius 1 is 0.750 bits per heavy atom. The molecule has 2 rings (SSSR count). The number of carbonyl (C=O) groups is 2. The fourth-order valence-electron chi connectivity index (χ4n) is 2.12. The average molecular weight is 332 g/mol. The summed E-state index contributed by atoms with van der Waals surface area (Å²) in [6, 6.07) is 10.9. The molecule has 0 radical (unpaired) electrons. The molecule has 0 aliphatic carbocycles. The van der Waals surface area contributed by atoms with Crippen LogP contribution in [0.15, 0.2) is 48.5 Å². The van der Waals surface area contributed by atoms with E-state index in [1.807, 2.05) is 0 Å². The van der Waals surface area contributed by atoms with Gasteiger partial charge in [-0.05, 0) is 49.2 Å². The minimum Gasteiger partial charge on any atom is -0.352 e. The molecule has 0 aromatic heterocycles. The van der Waals surface area contributed by atoms with Crippen LogP contribution in [0.1, 0.15) is 33.6 Å². The van der Waals surface area contributed by atoms with E-state index >= 15 is 0 Å². The van der Waals surface area contributed by atoms with Crippen LogP contribution in [0.25, 0.3) is 0 Å². The third-order valence-electron chi connectivity index (χ3n) is 3.35. The molecule has 2 amide bonds. The van der Waals surface area contributed by atoms with Crippen molar-refractivity contribution in [3.63, 3.8) is 0 Å². The highest BCUT2D eigenvalue weighted by Gasteiger charge is 2.07. The molecule has 0 spiro atoms. The van der Waals surface area contributed by atoms with Crippen molar-refractivity contribution in [3.8, 4) is 0 Å². The highest BCUT2D eigenvalue weighted by Crippen LogP contribution is 2.04. The lowest BCUT2D eigenvalue weighted by molar-refractivity contribution is 0.0939. The van der Waals surface area contributed by atoms with Crippen LogP contribution in [-0.4, -0.2) is 24.9 Å². The van der Waals surface area contributed by atoms with Crippen LogP contribution in [0.3, 0.4) is 0 Å². The molecule has 24 heavy (non-hydrogen) atoms. The number of halogens is 2. The van der Waals surface area contributed by atoms with Gasteiger partial charge in [-0.1, -0.05) is 12.1 Å². The molecule has 0 saturated carbocycles. The third-order valence-corrected chi connectivity index (χ3v) is 3.35. The van der Waals surface area contributed by atoms with E-state index in [4.69, 9.17) is 0 Å². The Bertz CT molecular complexity index is 658. The number of carbonyl (C=O) groups excluding carboxylic acids is 2. The summed E-state index contributed by atoms with van der Waals surface area (Å²) in [7, 11) is 0. The van der Waals surface area contributed by atoms with Crippen LogP contribution in [0, 0.1) is 11.6 Å². The van der Waals surface area contributed by atoms with Gasteiger partial charge in [0.25, 0.3) is 11.8 Å². The zero-order valence-electron chi connectivity index (χ0n) is 13.0. The third kappa shape index (κ3) is 5.46. The molecule has 126 valence electrons. The van der Waals surface area contributed by atoms with Gasteiger partial charge in [0.1, 0.15) is 11.6 Å². The maximum atomic E-state index is 13.0. The molecule has 2 N–H and O–H groups in total. The first-order chi connectivity index (χ1) is 11.6. The summed E-state index contributed by atoms with van der Waals surface area (Å²) in [4.78, 5) is 23.5. The van der Waals surface area contributed by atoms with Crippen molar-refractivity contribution in [3.05, 3.63) is 71.3 Å². The Balaban J connectivity index is 1.63. The minimum absolute atomic E-state index is 0.273. The largest absolute Gasteiger partial charge is 0.352 e. The van der Waals surface area contributed by atoms with Gasteiger partial charge in [-0.15, -0.1) is 0 Å². The summed E-state index contributed by atoms with van der Waals surface area (Å²) < 4.78 is 26.0. The smallest absolute Gasteiger partial charge is 0.251 e. The number of hydrogen-bond donors (Lipinski definition) is 2. The monoisotopic (exact) mass is 332 g/mol. The van der Waals surface area contributed by atoms with Crippen molar-refractivity contribution in [2.24, 2.45) is 0 Å². The van der Waals surface area contributed by atoms with Gasteiger partial charge in [-0.25, -0.2) is 8.78 Å². The van der Waals surface area contributed by atoms with E-state index < -0.39 is 11.6 Å². The second-order valence-electron chi connectivity index (χ2n) is 5.24. The van der Waals surface area contributed by atoms with Crippen LogP contribution in [0.4, 0.5) is 8.78 Å². The fourth-order valence-corrected chi connectivity index (χ4v) is 2.12. The van der Waals surface area contributed by atoms with Crippen molar-refractivity contribution in [2.45, 2.75) is 12.8 Å². The number of amides is 2. The Morgan fingerprint density at radius 3 is 1.54 bits per heavy atom. The number of unbranched alkanes of at least 4 members (excludes halogenated alkanes) is 1. The molecule has 0 atom stereocenters. The highest BCUT2D eigenvalue weighted by atomic mass is 19.1. The van der Waals surface area contributed by atoms with E-state index in [1.54, 1.807) is 0 Å². The number of rotatable bonds is 7. The zero-order chi connectivity index (χ0) is 17.4. The molecule has 4 nitrogen and oxygen atoms in total. The normalized spacial score (nSPS) is 10.2. The summed E-state index contributed by atoms with van der Waals surface area (Å²) in [5.74, 6) is -1.58. The molecule has 0 heterocycles. The van der Waals surface area contributed by atoms with Crippen molar-refractivity contribution in [2.75, 3.05) is 13.1 Å².